The van der Waals surface area contributed by atoms with E-state index in [0.717, 1.165) is 23.1 Å². The van der Waals surface area contributed by atoms with E-state index in [9.17, 15) is 0 Å². The van der Waals surface area contributed by atoms with Crippen LogP contribution in [0, 0.1) is 6.92 Å². The second-order valence-corrected chi connectivity index (χ2v) is 7.27. The van der Waals surface area contributed by atoms with Crippen molar-refractivity contribution in [1.82, 2.24) is 20.1 Å². The zero-order valence-electron chi connectivity index (χ0n) is 12.7. The molecule has 114 valence electrons. The number of likely N-dealkylation sites (tertiary alicyclic amines) is 1. The summed E-state index contributed by atoms with van der Waals surface area (Å²) < 4.78 is 0. The molecule has 3 aromatic rings. The van der Waals surface area contributed by atoms with Gasteiger partial charge in [0.1, 0.15) is 10.0 Å². The number of nitrogens with zero attached hydrogens (tertiary/aromatic N) is 3. The molecule has 0 aliphatic carbocycles. The van der Waals surface area contributed by atoms with Gasteiger partial charge in [-0.05, 0) is 43.8 Å². The Hall–Kier alpha value is -1.72. The van der Waals surface area contributed by atoms with Crippen LogP contribution in [0.25, 0.3) is 10.9 Å². The highest BCUT2D eigenvalue weighted by molar-refractivity contribution is 7.11. The van der Waals surface area contributed by atoms with Crippen molar-refractivity contribution in [3.05, 3.63) is 46.0 Å². The van der Waals surface area contributed by atoms with Gasteiger partial charge >= 0.3 is 0 Å². The number of rotatable bonds is 3. The first kappa shape index (κ1) is 13.9. The van der Waals surface area contributed by atoms with Gasteiger partial charge in [-0.3, -0.25) is 4.90 Å². The van der Waals surface area contributed by atoms with Crippen LogP contribution < -0.4 is 0 Å². The van der Waals surface area contributed by atoms with Gasteiger partial charge in [-0.15, -0.1) is 21.5 Å². The molecule has 1 saturated heterocycles. The summed E-state index contributed by atoms with van der Waals surface area (Å²) >= 11 is 1.71. The number of fused-ring (bicyclic) bond motifs is 1. The highest BCUT2D eigenvalue weighted by Gasteiger charge is 2.26. The van der Waals surface area contributed by atoms with Crippen molar-refractivity contribution in [3.8, 4) is 0 Å². The fourth-order valence-corrected chi connectivity index (χ4v) is 4.12. The number of H-pyrrole nitrogens is 1. The number of benzene rings is 1. The standard InChI is InChI=1S/C17H20N4S/c1-12-19-20-17(22-12)11-21-9-5-4-8-16(21)15-10-13-6-2-3-7-14(13)18-15/h2-3,6-7,10,16,18H,4-5,8-9,11H2,1H3/t16-/m0/s1. The number of hydrogen-bond donors (Lipinski definition) is 1. The van der Waals surface area contributed by atoms with Gasteiger partial charge < -0.3 is 4.98 Å². The van der Waals surface area contributed by atoms with E-state index in [-0.39, 0.29) is 0 Å². The molecule has 4 rings (SSSR count). The van der Waals surface area contributed by atoms with Crippen molar-refractivity contribution in [2.45, 2.75) is 38.8 Å². The zero-order valence-corrected chi connectivity index (χ0v) is 13.6. The first-order valence-electron chi connectivity index (χ1n) is 7.90. The molecule has 22 heavy (non-hydrogen) atoms. The van der Waals surface area contributed by atoms with Crippen molar-refractivity contribution in [3.63, 3.8) is 0 Å². The third-order valence-electron chi connectivity index (χ3n) is 4.43. The second-order valence-electron chi connectivity index (χ2n) is 6.01. The maximum Gasteiger partial charge on any atom is 0.131 e. The van der Waals surface area contributed by atoms with Crippen LogP contribution in [-0.4, -0.2) is 26.6 Å². The van der Waals surface area contributed by atoms with Crippen molar-refractivity contribution in [1.29, 1.82) is 0 Å². The normalized spacial score (nSPS) is 19.8. The molecule has 1 atom stereocenters. The largest absolute Gasteiger partial charge is 0.357 e. The summed E-state index contributed by atoms with van der Waals surface area (Å²) in [5, 5.41) is 11.9. The third kappa shape index (κ3) is 2.66. The quantitative estimate of drug-likeness (QED) is 0.793. The van der Waals surface area contributed by atoms with Crippen LogP contribution in [0.5, 0.6) is 0 Å². The van der Waals surface area contributed by atoms with E-state index in [2.05, 4.69) is 50.4 Å². The molecule has 1 N–H and O–H groups in total. The first-order chi connectivity index (χ1) is 10.8. The van der Waals surface area contributed by atoms with Gasteiger partial charge in [0.2, 0.25) is 0 Å². The lowest BCUT2D eigenvalue weighted by molar-refractivity contribution is 0.137. The maximum atomic E-state index is 4.30. The van der Waals surface area contributed by atoms with Gasteiger partial charge in [0, 0.05) is 11.2 Å². The summed E-state index contributed by atoms with van der Waals surface area (Å²) in [5.74, 6) is 0. The Morgan fingerprint density at radius 2 is 2.18 bits per heavy atom. The predicted octanol–water partition coefficient (Wildman–Crippen LogP) is 4.06. The van der Waals surface area contributed by atoms with Gasteiger partial charge in [0.25, 0.3) is 0 Å². The SMILES string of the molecule is Cc1nnc(CN2CCCC[C@H]2c2cc3ccccc3[nH]2)s1. The molecule has 0 saturated carbocycles. The van der Waals surface area contributed by atoms with Crippen LogP contribution in [0.15, 0.2) is 30.3 Å². The number of aryl methyl sites for hydroxylation is 1. The lowest BCUT2D eigenvalue weighted by atomic mass is 9.99. The summed E-state index contributed by atoms with van der Waals surface area (Å²) in [4.78, 5) is 6.16. The lowest BCUT2D eigenvalue weighted by Gasteiger charge is -2.34. The topological polar surface area (TPSA) is 44.8 Å². The molecule has 1 fully saturated rings. The average Bonchev–Trinajstić information content (AvgIpc) is 3.14. The molecule has 0 radical (unpaired) electrons. The second kappa shape index (κ2) is 5.82. The molecular weight excluding hydrogens is 292 g/mol. The van der Waals surface area contributed by atoms with Crippen LogP contribution in [0.2, 0.25) is 0 Å². The Morgan fingerprint density at radius 3 is 3.00 bits per heavy atom. The van der Waals surface area contributed by atoms with E-state index in [1.165, 1.54) is 35.9 Å². The number of aromatic nitrogens is 3. The summed E-state index contributed by atoms with van der Waals surface area (Å²) in [6.45, 7) is 4.07. The smallest absolute Gasteiger partial charge is 0.131 e. The molecule has 0 bridgehead atoms. The molecule has 4 nitrogen and oxygen atoms in total. The minimum Gasteiger partial charge on any atom is -0.357 e. The molecule has 1 aliphatic rings. The number of piperidine rings is 1. The molecule has 0 unspecified atom stereocenters. The maximum absolute atomic E-state index is 4.30. The third-order valence-corrected chi connectivity index (χ3v) is 5.25. The summed E-state index contributed by atoms with van der Waals surface area (Å²) in [5.41, 5.74) is 2.57. The summed E-state index contributed by atoms with van der Waals surface area (Å²) in [6, 6.07) is 11.3. The number of aromatic amines is 1. The van der Waals surface area contributed by atoms with E-state index in [1.54, 1.807) is 11.3 Å². The summed E-state index contributed by atoms with van der Waals surface area (Å²) in [7, 11) is 0. The van der Waals surface area contributed by atoms with Crippen LogP contribution >= 0.6 is 11.3 Å². The van der Waals surface area contributed by atoms with E-state index >= 15 is 0 Å². The van der Waals surface area contributed by atoms with E-state index in [4.69, 9.17) is 0 Å². The van der Waals surface area contributed by atoms with Crippen molar-refractivity contribution >= 4 is 22.2 Å². The van der Waals surface area contributed by atoms with Crippen molar-refractivity contribution in [2.75, 3.05) is 6.54 Å². The molecule has 5 heteroatoms. The zero-order chi connectivity index (χ0) is 14.9. The molecular formula is C17H20N4S. The fraction of sp³-hybridized carbons (Fsp3) is 0.412. The Labute approximate surface area is 134 Å². The van der Waals surface area contributed by atoms with Crippen LogP contribution in [0.1, 0.15) is 41.0 Å². The fourth-order valence-electron chi connectivity index (χ4n) is 3.38. The van der Waals surface area contributed by atoms with Crippen molar-refractivity contribution in [2.24, 2.45) is 0 Å². The van der Waals surface area contributed by atoms with Gasteiger partial charge in [-0.2, -0.15) is 0 Å². The molecule has 0 amide bonds. The Bertz CT molecular complexity index is 743. The van der Waals surface area contributed by atoms with Crippen molar-refractivity contribution < 1.29 is 0 Å². The van der Waals surface area contributed by atoms with Gasteiger partial charge in [0.05, 0.1) is 12.6 Å². The molecule has 0 spiro atoms. The Kier molecular flexibility index (Phi) is 3.68. The molecule has 2 aromatic heterocycles. The van der Waals surface area contributed by atoms with E-state index < -0.39 is 0 Å². The van der Waals surface area contributed by atoms with Gasteiger partial charge in [-0.25, -0.2) is 0 Å². The van der Waals surface area contributed by atoms with E-state index in [0.29, 0.717) is 6.04 Å². The number of nitrogens with one attached hydrogen (secondary N) is 1. The van der Waals surface area contributed by atoms with E-state index in [1.807, 2.05) is 6.92 Å². The molecule has 3 heterocycles. The lowest BCUT2D eigenvalue weighted by Crippen LogP contribution is -2.33. The molecule has 1 aromatic carbocycles. The molecule has 1 aliphatic heterocycles. The Balaban J connectivity index is 1.62. The monoisotopic (exact) mass is 312 g/mol. The van der Waals surface area contributed by atoms with Crippen LogP contribution in [0.3, 0.4) is 0 Å². The predicted molar refractivity (Wildman–Crippen MR) is 89.9 cm³/mol. The van der Waals surface area contributed by atoms with Gasteiger partial charge in [0.15, 0.2) is 0 Å². The minimum absolute atomic E-state index is 0.463. The minimum atomic E-state index is 0.463. The summed E-state index contributed by atoms with van der Waals surface area (Å²) in [6.07, 6.45) is 3.78. The highest BCUT2D eigenvalue weighted by Crippen LogP contribution is 2.33. The Morgan fingerprint density at radius 1 is 1.27 bits per heavy atom. The van der Waals surface area contributed by atoms with Crippen LogP contribution in [-0.2, 0) is 6.54 Å². The van der Waals surface area contributed by atoms with Crippen LogP contribution in [0.4, 0.5) is 0 Å². The number of hydrogen-bond acceptors (Lipinski definition) is 4. The first-order valence-corrected chi connectivity index (χ1v) is 8.72. The number of para-hydroxylation sites is 1. The van der Waals surface area contributed by atoms with Gasteiger partial charge in [-0.1, -0.05) is 24.6 Å². The average molecular weight is 312 g/mol. The highest BCUT2D eigenvalue weighted by atomic mass is 32.1.